The summed E-state index contributed by atoms with van der Waals surface area (Å²) < 4.78 is 0. The van der Waals surface area contributed by atoms with Crippen LogP contribution in [0.2, 0.25) is 0 Å². The Morgan fingerprint density at radius 3 is 2.67 bits per heavy atom. The van der Waals surface area contributed by atoms with E-state index in [1.54, 1.807) is 0 Å². The van der Waals surface area contributed by atoms with Crippen LogP contribution < -0.4 is 0 Å². The lowest BCUT2D eigenvalue weighted by molar-refractivity contribution is 0.0270. The highest BCUT2D eigenvalue weighted by molar-refractivity contribution is 5.21. The van der Waals surface area contributed by atoms with Gasteiger partial charge in [-0.05, 0) is 45.2 Å². The van der Waals surface area contributed by atoms with E-state index in [1.165, 1.54) is 25.8 Å². The number of rotatable bonds is 4. The highest BCUT2D eigenvalue weighted by atomic mass is 16.3. The van der Waals surface area contributed by atoms with Gasteiger partial charge >= 0.3 is 0 Å². The van der Waals surface area contributed by atoms with Crippen LogP contribution in [0.1, 0.15) is 45.1 Å². The maximum atomic E-state index is 10.6. The summed E-state index contributed by atoms with van der Waals surface area (Å²) in [5.41, 5.74) is 0.313. The molecule has 1 aromatic carbocycles. The van der Waals surface area contributed by atoms with Crippen molar-refractivity contribution in [2.45, 2.75) is 51.2 Å². The third kappa shape index (κ3) is 3.33. The van der Waals surface area contributed by atoms with E-state index in [4.69, 9.17) is 0 Å². The second-order valence-electron chi connectivity index (χ2n) is 5.77. The smallest absolute Gasteiger partial charge is 0.0880 e. The topological polar surface area (TPSA) is 23.5 Å². The Balaban J connectivity index is 1.92. The molecular formula is C16H25NO. The quantitative estimate of drug-likeness (QED) is 0.883. The maximum absolute atomic E-state index is 10.6. The first-order valence-electron chi connectivity index (χ1n) is 7.11. The molecule has 0 amide bonds. The van der Waals surface area contributed by atoms with Crippen molar-refractivity contribution in [2.24, 2.45) is 0 Å². The molecule has 1 fully saturated rings. The van der Waals surface area contributed by atoms with Gasteiger partial charge in [-0.3, -0.25) is 0 Å². The average molecular weight is 247 g/mol. The minimum atomic E-state index is -0.710. The van der Waals surface area contributed by atoms with Crippen LogP contribution in [0.25, 0.3) is 0 Å². The Kier molecular flexibility index (Phi) is 4.41. The van der Waals surface area contributed by atoms with Gasteiger partial charge in [0.2, 0.25) is 0 Å². The van der Waals surface area contributed by atoms with Gasteiger partial charge in [0.25, 0.3) is 0 Å². The summed E-state index contributed by atoms with van der Waals surface area (Å²) in [5, 5.41) is 10.6. The highest BCUT2D eigenvalue weighted by Crippen LogP contribution is 2.26. The summed E-state index contributed by atoms with van der Waals surface area (Å²) in [6.07, 6.45) is 4.76. The van der Waals surface area contributed by atoms with Crippen LogP contribution in [-0.4, -0.2) is 29.1 Å². The summed E-state index contributed by atoms with van der Waals surface area (Å²) in [6, 6.07) is 10.7. The van der Waals surface area contributed by atoms with Crippen LogP contribution in [-0.2, 0) is 5.60 Å². The van der Waals surface area contributed by atoms with Crippen LogP contribution >= 0.6 is 0 Å². The van der Waals surface area contributed by atoms with Gasteiger partial charge in [-0.1, -0.05) is 36.8 Å². The molecule has 0 aliphatic carbocycles. The van der Waals surface area contributed by atoms with E-state index < -0.39 is 5.60 Å². The predicted molar refractivity (Wildman–Crippen MR) is 75.5 cm³/mol. The maximum Gasteiger partial charge on any atom is 0.0880 e. The molecule has 1 aliphatic rings. The van der Waals surface area contributed by atoms with E-state index in [0.29, 0.717) is 6.04 Å². The first kappa shape index (κ1) is 13.6. The first-order chi connectivity index (χ1) is 8.59. The van der Waals surface area contributed by atoms with Crippen LogP contribution in [0.5, 0.6) is 0 Å². The summed E-state index contributed by atoms with van der Waals surface area (Å²) in [5.74, 6) is 0. The Labute approximate surface area is 111 Å². The fourth-order valence-corrected chi connectivity index (χ4v) is 2.79. The second kappa shape index (κ2) is 5.85. The van der Waals surface area contributed by atoms with E-state index >= 15 is 0 Å². The van der Waals surface area contributed by atoms with Crippen molar-refractivity contribution in [1.82, 2.24) is 4.90 Å². The monoisotopic (exact) mass is 247 g/mol. The molecule has 1 saturated heterocycles. The lowest BCUT2D eigenvalue weighted by Gasteiger charge is -2.35. The molecule has 2 atom stereocenters. The van der Waals surface area contributed by atoms with Crippen molar-refractivity contribution in [1.29, 1.82) is 0 Å². The number of piperidine rings is 1. The van der Waals surface area contributed by atoms with Gasteiger partial charge in [0.05, 0.1) is 5.60 Å². The molecule has 100 valence electrons. The molecule has 1 aliphatic heterocycles. The van der Waals surface area contributed by atoms with Crippen molar-refractivity contribution < 1.29 is 5.11 Å². The number of benzene rings is 1. The number of hydrogen-bond donors (Lipinski definition) is 1. The lowest BCUT2D eigenvalue weighted by Crippen LogP contribution is -2.40. The van der Waals surface area contributed by atoms with Crippen molar-refractivity contribution in [3.63, 3.8) is 0 Å². The Morgan fingerprint density at radius 1 is 1.28 bits per heavy atom. The molecular weight excluding hydrogens is 222 g/mol. The molecule has 0 aromatic heterocycles. The molecule has 2 rings (SSSR count). The van der Waals surface area contributed by atoms with E-state index in [2.05, 4.69) is 11.8 Å². The third-order valence-electron chi connectivity index (χ3n) is 4.22. The van der Waals surface area contributed by atoms with Gasteiger partial charge in [-0.2, -0.15) is 0 Å². The molecule has 1 heterocycles. The van der Waals surface area contributed by atoms with E-state index in [0.717, 1.165) is 18.5 Å². The average Bonchev–Trinajstić information content (AvgIpc) is 2.39. The molecule has 1 N–H and O–H groups in total. The van der Waals surface area contributed by atoms with E-state index in [1.807, 2.05) is 37.3 Å². The number of likely N-dealkylation sites (tertiary alicyclic amines) is 1. The summed E-state index contributed by atoms with van der Waals surface area (Å²) in [7, 11) is 0. The molecule has 2 nitrogen and oxygen atoms in total. The fourth-order valence-electron chi connectivity index (χ4n) is 2.79. The van der Waals surface area contributed by atoms with Crippen molar-refractivity contribution in [2.75, 3.05) is 13.1 Å². The van der Waals surface area contributed by atoms with Crippen LogP contribution in [0.3, 0.4) is 0 Å². The molecule has 0 saturated carbocycles. The Hall–Kier alpha value is -0.860. The zero-order valence-corrected chi connectivity index (χ0v) is 11.6. The molecule has 0 bridgehead atoms. The van der Waals surface area contributed by atoms with Gasteiger partial charge in [0.15, 0.2) is 0 Å². The van der Waals surface area contributed by atoms with Crippen LogP contribution in [0.4, 0.5) is 0 Å². The first-order valence-corrected chi connectivity index (χ1v) is 7.11. The molecule has 1 aromatic rings. The summed E-state index contributed by atoms with van der Waals surface area (Å²) in [4.78, 5) is 2.51. The predicted octanol–water partition coefficient (Wildman–Crippen LogP) is 3.16. The minimum absolute atomic E-state index is 0.672. The fraction of sp³-hybridized carbons (Fsp3) is 0.625. The lowest BCUT2D eigenvalue weighted by atomic mass is 9.91. The van der Waals surface area contributed by atoms with Crippen molar-refractivity contribution in [3.8, 4) is 0 Å². The summed E-state index contributed by atoms with van der Waals surface area (Å²) >= 11 is 0. The third-order valence-corrected chi connectivity index (χ3v) is 4.22. The highest BCUT2D eigenvalue weighted by Gasteiger charge is 2.25. The van der Waals surface area contributed by atoms with Gasteiger partial charge < -0.3 is 10.0 Å². The zero-order valence-electron chi connectivity index (χ0n) is 11.6. The molecule has 2 unspecified atom stereocenters. The molecule has 18 heavy (non-hydrogen) atoms. The largest absolute Gasteiger partial charge is 0.385 e. The summed E-state index contributed by atoms with van der Waals surface area (Å²) in [6.45, 7) is 6.41. The van der Waals surface area contributed by atoms with Crippen LogP contribution in [0, 0.1) is 0 Å². The van der Waals surface area contributed by atoms with Crippen molar-refractivity contribution in [3.05, 3.63) is 35.9 Å². The number of hydrogen-bond acceptors (Lipinski definition) is 2. The second-order valence-corrected chi connectivity index (χ2v) is 5.77. The molecule has 0 radical (unpaired) electrons. The van der Waals surface area contributed by atoms with E-state index in [-0.39, 0.29) is 0 Å². The Bertz CT molecular complexity index is 361. The molecule has 0 spiro atoms. The normalized spacial score (nSPS) is 24.7. The van der Waals surface area contributed by atoms with E-state index in [9.17, 15) is 5.11 Å². The Morgan fingerprint density at radius 2 is 2.00 bits per heavy atom. The number of aliphatic hydroxyl groups is 1. The molecule has 2 heteroatoms. The van der Waals surface area contributed by atoms with Gasteiger partial charge in [0, 0.05) is 12.6 Å². The van der Waals surface area contributed by atoms with Crippen molar-refractivity contribution >= 4 is 0 Å². The minimum Gasteiger partial charge on any atom is -0.385 e. The van der Waals surface area contributed by atoms with Gasteiger partial charge in [-0.25, -0.2) is 0 Å². The van der Waals surface area contributed by atoms with Crippen LogP contribution in [0.15, 0.2) is 30.3 Å². The SMILES string of the molecule is CC1CCCCN1CCC(C)(O)c1ccccc1. The zero-order chi connectivity index (χ0) is 13.0. The standard InChI is InChI=1S/C16H25NO/c1-14-8-6-7-12-17(14)13-11-16(2,18)15-9-4-3-5-10-15/h3-5,9-10,14,18H,6-8,11-13H2,1-2H3. The van der Waals surface area contributed by atoms with Gasteiger partial charge in [0.1, 0.15) is 0 Å². The van der Waals surface area contributed by atoms with Gasteiger partial charge in [-0.15, -0.1) is 0 Å². The number of nitrogens with zero attached hydrogens (tertiary/aromatic N) is 1.